The van der Waals surface area contributed by atoms with Gasteiger partial charge in [0.1, 0.15) is 0 Å². The van der Waals surface area contributed by atoms with Crippen molar-refractivity contribution in [1.29, 1.82) is 0 Å². The van der Waals surface area contributed by atoms with Crippen molar-refractivity contribution >= 4 is 45.8 Å². The van der Waals surface area contributed by atoms with Gasteiger partial charge in [-0.05, 0) is 88.3 Å². The molecule has 0 heterocycles. The van der Waals surface area contributed by atoms with Crippen LogP contribution in [0.4, 0.5) is 0 Å². The van der Waals surface area contributed by atoms with Crippen LogP contribution in [-0.2, 0) is 5.41 Å². The molecule has 0 nitrogen and oxygen atoms in total. The normalized spacial score (nSPS) is 13.7. The summed E-state index contributed by atoms with van der Waals surface area (Å²) in [6.45, 7) is 0. The Bertz CT molecular complexity index is 2470. The molecule has 2 aliphatic carbocycles. The van der Waals surface area contributed by atoms with Crippen LogP contribution in [0, 0.1) is 0 Å². The number of benzene rings is 8. The second kappa shape index (κ2) is 10.9. The minimum Gasteiger partial charge on any atom is -0.0619 e. The third kappa shape index (κ3) is 4.04. The number of hydrogen-bond donors (Lipinski definition) is 0. The summed E-state index contributed by atoms with van der Waals surface area (Å²) in [4.78, 5) is 0. The van der Waals surface area contributed by atoms with Crippen LogP contribution in [0.1, 0.15) is 44.5 Å². The van der Waals surface area contributed by atoms with E-state index in [0.717, 1.165) is 0 Å². The molecule has 8 aromatic carbocycles. The highest BCUT2D eigenvalue weighted by molar-refractivity contribution is 6.02. The van der Waals surface area contributed by atoms with Crippen LogP contribution >= 0.6 is 0 Å². The standard InChI is InChI=1S/C49H32/c1-3-21-39-33(13-1)15-9-17-35(39)29-31-37-19-11-27-45-47(37)41-23-5-7-25-43(41)49(45)44-26-8-6-24-42(44)48-38(20-12-28-46(48)49)32-30-36-18-10-16-34-14-2-4-22-40(34)36/h1-32H/b31-29+,32-30+. The van der Waals surface area contributed by atoms with Crippen molar-refractivity contribution in [2.75, 3.05) is 0 Å². The van der Waals surface area contributed by atoms with E-state index >= 15 is 0 Å². The van der Waals surface area contributed by atoms with Crippen molar-refractivity contribution in [1.82, 2.24) is 0 Å². The van der Waals surface area contributed by atoms with Crippen LogP contribution in [0.3, 0.4) is 0 Å². The van der Waals surface area contributed by atoms with Crippen molar-refractivity contribution in [2.45, 2.75) is 5.41 Å². The van der Waals surface area contributed by atoms with E-state index in [2.05, 4.69) is 194 Å². The smallest absolute Gasteiger partial charge is 0.0619 e. The van der Waals surface area contributed by atoms with Gasteiger partial charge in [-0.2, -0.15) is 0 Å². The summed E-state index contributed by atoms with van der Waals surface area (Å²) < 4.78 is 0. The molecule has 0 heteroatoms. The first-order valence-electron chi connectivity index (χ1n) is 17.1. The Labute approximate surface area is 287 Å². The maximum atomic E-state index is 2.37. The summed E-state index contributed by atoms with van der Waals surface area (Å²) in [5.41, 5.74) is 15.3. The molecule has 0 radical (unpaired) electrons. The lowest BCUT2D eigenvalue weighted by atomic mass is 9.70. The first-order chi connectivity index (χ1) is 24.3. The van der Waals surface area contributed by atoms with Crippen molar-refractivity contribution < 1.29 is 0 Å². The molecule has 0 aliphatic heterocycles. The van der Waals surface area contributed by atoms with Gasteiger partial charge in [0.05, 0.1) is 5.41 Å². The highest BCUT2D eigenvalue weighted by Gasteiger charge is 2.52. The fraction of sp³-hybridized carbons (Fsp3) is 0.0204. The van der Waals surface area contributed by atoms with Gasteiger partial charge in [-0.3, -0.25) is 0 Å². The number of rotatable bonds is 4. The first kappa shape index (κ1) is 27.8. The summed E-state index contributed by atoms with van der Waals surface area (Å²) in [6, 6.07) is 62.4. The fourth-order valence-electron chi connectivity index (χ4n) is 8.72. The van der Waals surface area contributed by atoms with Crippen molar-refractivity contribution in [3.8, 4) is 22.3 Å². The van der Waals surface area contributed by atoms with Crippen LogP contribution < -0.4 is 0 Å². The zero-order valence-electron chi connectivity index (χ0n) is 27.0. The highest BCUT2D eigenvalue weighted by Crippen LogP contribution is 2.63. The molecule has 0 fully saturated rings. The molecule has 0 bridgehead atoms. The fourth-order valence-corrected chi connectivity index (χ4v) is 8.72. The molecule has 0 unspecified atom stereocenters. The molecule has 0 atom stereocenters. The summed E-state index contributed by atoms with van der Waals surface area (Å²) in [5, 5.41) is 5.07. The van der Waals surface area contributed by atoms with Gasteiger partial charge >= 0.3 is 0 Å². The molecule has 0 amide bonds. The third-order valence-corrected chi connectivity index (χ3v) is 10.7. The number of fused-ring (bicyclic) bond motifs is 12. The minimum absolute atomic E-state index is 0.398. The molecule has 49 heavy (non-hydrogen) atoms. The molecular weight excluding hydrogens is 589 g/mol. The molecule has 0 aromatic heterocycles. The van der Waals surface area contributed by atoms with Crippen LogP contribution in [0.25, 0.3) is 68.1 Å². The summed E-state index contributed by atoms with van der Waals surface area (Å²) in [6.07, 6.45) is 9.22. The van der Waals surface area contributed by atoms with Gasteiger partial charge in [-0.1, -0.05) is 194 Å². The zero-order chi connectivity index (χ0) is 32.4. The summed E-state index contributed by atoms with van der Waals surface area (Å²) in [7, 11) is 0. The van der Waals surface area contributed by atoms with E-state index < -0.39 is 5.41 Å². The molecule has 0 saturated carbocycles. The molecular formula is C49H32. The quantitative estimate of drug-likeness (QED) is 0.172. The van der Waals surface area contributed by atoms with Crippen molar-refractivity contribution in [2.24, 2.45) is 0 Å². The predicted octanol–water partition coefficient (Wildman–Crippen LogP) is 12.7. The number of hydrogen-bond acceptors (Lipinski definition) is 0. The van der Waals surface area contributed by atoms with Crippen LogP contribution in [0.15, 0.2) is 170 Å². The van der Waals surface area contributed by atoms with E-state index in [-0.39, 0.29) is 0 Å². The van der Waals surface area contributed by atoms with Crippen molar-refractivity contribution in [3.63, 3.8) is 0 Å². The Morgan fingerprint density at radius 1 is 0.286 bits per heavy atom. The van der Waals surface area contributed by atoms with Gasteiger partial charge in [-0.15, -0.1) is 0 Å². The lowest BCUT2D eigenvalue weighted by Gasteiger charge is -2.30. The van der Waals surface area contributed by atoms with Gasteiger partial charge < -0.3 is 0 Å². The van der Waals surface area contributed by atoms with E-state index in [0.29, 0.717) is 0 Å². The van der Waals surface area contributed by atoms with Gasteiger partial charge in [-0.25, -0.2) is 0 Å². The monoisotopic (exact) mass is 620 g/mol. The maximum absolute atomic E-state index is 2.37. The average Bonchev–Trinajstić information content (AvgIpc) is 3.64. The van der Waals surface area contributed by atoms with Gasteiger partial charge in [0.15, 0.2) is 0 Å². The van der Waals surface area contributed by atoms with E-state index in [4.69, 9.17) is 0 Å². The lowest BCUT2D eigenvalue weighted by Crippen LogP contribution is -2.25. The Morgan fingerprint density at radius 3 is 1.14 bits per heavy atom. The Morgan fingerprint density at radius 2 is 0.633 bits per heavy atom. The minimum atomic E-state index is -0.398. The molecule has 2 aliphatic rings. The largest absolute Gasteiger partial charge is 0.0725 e. The SMILES string of the molecule is C(=C\c1cccc2ccccc12)/c1cccc2c1-c1ccccc1C21c2ccccc2-c2c(/C=C/c3cccc4ccccc34)cccc21. The topological polar surface area (TPSA) is 0 Å². The molecule has 1 spiro atoms. The Hall–Kier alpha value is -6.24. The molecule has 8 aromatic rings. The average molecular weight is 621 g/mol. The summed E-state index contributed by atoms with van der Waals surface area (Å²) >= 11 is 0. The molecule has 0 N–H and O–H groups in total. The van der Waals surface area contributed by atoms with Crippen LogP contribution in [0.2, 0.25) is 0 Å². The maximum Gasteiger partial charge on any atom is 0.0725 e. The van der Waals surface area contributed by atoms with E-state index in [1.54, 1.807) is 0 Å². The Kier molecular flexibility index (Phi) is 6.19. The zero-order valence-corrected chi connectivity index (χ0v) is 27.0. The van der Waals surface area contributed by atoms with E-state index in [1.807, 2.05) is 0 Å². The van der Waals surface area contributed by atoms with E-state index in [9.17, 15) is 0 Å². The highest BCUT2D eigenvalue weighted by atomic mass is 14.5. The molecule has 0 saturated heterocycles. The van der Waals surface area contributed by atoms with Gasteiger partial charge in [0, 0.05) is 0 Å². The first-order valence-corrected chi connectivity index (χ1v) is 17.1. The second-order valence-corrected chi connectivity index (χ2v) is 13.2. The third-order valence-electron chi connectivity index (χ3n) is 10.7. The van der Waals surface area contributed by atoms with E-state index in [1.165, 1.54) is 88.3 Å². The molecule has 228 valence electrons. The predicted molar refractivity (Wildman–Crippen MR) is 208 cm³/mol. The molecule has 10 rings (SSSR count). The summed E-state index contributed by atoms with van der Waals surface area (Å²) in [5.74, 6) is 0. The van der Waals surface area contributed by atoms with Crippen LogP contribution in [-0.4, -0.2) is 0 Å². The second-order valence-electron chi connectivity index (χ2n) is 13.2. The van der Waals surface area contributed by atoms with Gasteiger partial charge in [0.25, 0.3) is 0 Å². The lowest BCUT2D eigenvalue weighted by molar-refractivity contribution is 0.793. The van der Waals surface area contributed by atoms with Gasteiger partial charge in [0.2, 0.25) is 0 Å². The Balaban J connectivity index is 1.19. The van der Waals surface area contributed by atoms with Crippen molar-refractivity contribution in [3.05, 3.63) is 214 Å². The van der Waals surface area contributed by atoms with Crippen LogP contribution in [0.5, 0.6) is 0 Å².